The Balaban J connectivity index is 2.41. The summed E-state index contributed by atoms with van der Waals surface area (Å²) in [6, 6.07) is 2.60. The van der Waals surface area contributed by atoms with E-state index in [1.54, 1.807) is 0 Å². The molecule has 2 rings (SSSR count). The van der Waals surface area contributed by atoms with Crippen molar-refractivity contribution in [1.82, 2.24) is 4.98 Å². The van der Waals surface area contributed by atoms with Crippen LogP contribution in [0.25, 0.3) is 0 Å². The van der Waals surface area contributed by atoms with Gasteiger partial charge in [-0.05, 0) is 18.6 Å². The number of nitrogens with zero attached hydrogens (tertiary/aromatic N) is 2. The third-order valence-corrected chi connectivity index (χ3v) is 4.19. The molecule has 7 heteroatoms. The number of hydrogen-bond donors (Lipinski definition) is 1. The quantitative estimate of drug-likeness (QED) is 0.806. The Kier molecular flexibility index (Phi) is 2.55. The third kappa shape index (κ3) is 1.85. The zero-order chi connectivity index (χ0) is 11.8. The molecule has 1 aliphatic rings. The molecular weight excluding hydrogens is 232 g/mol. The molecule has 1 aliphatic heterocycles. The second-order valence-electron chi connectivity index (χ2n) is 3.45. The largest absolute Gasteiger partial charge is 0.478 e. The van der Waals surface area contributed by atoms with Gasteiger partial charge in [-0.3, -0.25) is 4.31 Å². The molecule has 16 heavy (non-hydrogen) atoms. The molecule has 0 spiro atoms. The van der Waals surface area contributed by atoms with Gasteiger partial charge in [0.05, 0.1) is 11.3 Å². The summed E-state index contributed by atoms with van der Waals surface area (Å²) in [5, 5.41) is 8.79. The number of sulfonamides is 1. The lowest BCUT2D eigenvalue weighted by Gasteiger charge is -2.15. The molecule has 1 aromatic heterocycles. The van der Waals surface area contributed by atoms with E-state index in [1.165, 1.54) is 18.3 Å². The van der Waals surface area contributed by atoms with Crippen LogP contribution in [-0.2, 0) is 10.0 Å². The van der Waals surface area contributed by atoms with Gasteiger partial charge in [-0.2, -0.15) is 0 Å². The van der Waals surface area contributed by atoms with Crippen molar-refractivity contribution in [2.75, 3.05) is 16.6 Å². The molecule has 86 valence electrons. The molecule has 0 atom stereocenters. The first-order valence-electron chi connectivity index (χ1n) is 4.70. The van der Waals surface area contributed by atoms with Crippen LogP contribution in [0, 0.1) is 0 Å². The SMILES string of the molecule is O=C(O)c1ccnc(N2CCCS2(=O)=O)c1. The van der Waals surface area contributed by atoms with Crippen molar-refractivity contribution in [3.63, 3.8) is 0 Å². The standard InChI is InChI=1S/C9H10N2O4S/c12-9(13)7-2-3-10-8(6-7)11-4-1-5-16(11,14)15/h2-3,6H,1,4-5H2,(H,12,13). The van der Waals surface area contributed by atoms with E-state index in [0.29, 0.717) is 13.0 Å². The van der Waals surface area contributed by atoms with Crippen LogP contribution in [0.5, 0.6) is 0 Å². The Morgan fingerprint density at radius 3 is 2.81 bits per heavy atom. The monoisotopic (exact) mass is 242 g/mol. The molecule has 0 aliphatic carbocycles. The molecule has 1 aromatic rings. The lowest BCUT2D eigenvalue weighted by molar-refractivity contribution is 0.0696. The van der Waals surface area contributed by atoms with E-state index in [9.17, 15) is 13.2 Å². The van der Waals surface area contributed by atoms with Crippen LogP contribution in [0.3, 0.4) is 0 Å². The first kappa shape index (κ1) is 10.9. The van der Waals surface area contributed by atoms with Crippen molar-refractivity contribution in [2.45, 2.75) is 6.42 Å². The highest BCUT2D eigenvalue weighted by Gasteiger charge is 2.29. The Morgan fingerprint density at radius 2 is 2.25 bits per heavy atom. The summed E-state index contributed by atoms with van der Waals surface area (Å²) in [7, 11) is -3.30. The topological polar surface area (TPSA) is 87.6 Å². The number of rotatable bonds is 2. The molecule has 1 fully saturated rings. The minimum absolute atomic E-state index is 0.0344. The van der Waals surface area contributed by atoms with E-state index in [2.05, 4.69) is 4.98 Å². The van der Waals surface area contributed by atoms with E-state index in [-0.39, 0.29) is 17.1 Å². The van der Waals surface area contributed by atoms with Gasteiger partial charge in [-0.15, -0.1) is 0 Å². The maximum absolute atomic E-state index is 11.6. The summed E-state index contributed by atoms with van der Waals surface area (Å²) in [4.78, 5) is 14.6. The molecule has 1 N–H and O–H groups in total. The number of carboxylic acid groups (broad SMARTS) is 1. The number of hydrogen-bond acceptors (Lipinski definition) is 4. The van der Waals surface area contributed by atoms with Crippen molar-refractivity contribution < 1.29 is 18.3 Å². The maximum Gasteiger partial charge on any atom is 0.335 e. The number of aromatic carboxylic acids is 1. The number of carbonyl (C=O) groups is 1. The predicted octanol–water partition coefficient (Wildman–Crippen LogP) is 0.320. The van der Waals surface area contributed by atoms with Crippen LogP contribution in [0.4, 0.5) is 5.82 Å². The second-order valence-corrected chi connectivity index (χ2v) is 5.46. The van der Waals surface area contributed by atoms with Gasteiger partial charge in [-0.25, -0.2) is 18.2 Å². The molecule has 2 heterocycles. The average molecular weight is 242 g/mol. The minimum Gasteiger partial charge on any atom is -0.478 e. The van der Waals surface area contributed by atoms with Gasteiger partial charge in [0.1, 0.15) is 5.82 Å². The molecular formula is C9H10N2O4S. The third-order valence-electron chi connectivity index (χ3n) is 2.35. The summed E-state index contributed by atoms with van der Waals surface area (Å²) in [5.74, 6) is -0.830. The highest BCUT2D eigenvalue weighted by atomic mass is 32.2. The molecule has 0 aromatic carbocycles. The van der Waals surface area contributed by atoms with Gasteiger partial charge in [-0.1, -0.05) is 0 Å². The van der Waals surface area contributed by atoms with Crippen molar-refractivity contribution in [1.29, 1.82) is 0 Å². The fourth-order valence-corrected chi connectivity index (χ4v) is 3.09. The fraction of sp³-hybridized carbons (Fsp3) is 0.333. The van der Waals surface area contributed by atoms with E-state index < -0.39 is 16.0 Å². The van der Waals surface area contributed by atoms with Crippen LogP contribution >= 0.6 is 0 Å². The molecule has 0 bridgehead atoms. The number of pyridine rings is 1. The van der Waals surface area contributed by atoms with E-state index in [1.807, 2.05) is 0 Å². The minimum atomic E-state index is -3.30. The zero-order valence-electron chi connectivity index (χ0n) is 8.33. The number of anilines is 1. The molecule has 0 amide bonds. The Labute approximate surface area is 92.6 Å². The molecule has 0 saturated carbocycles. The van der Waals surface area contributed by atoms with Gasteiger partial charge in [0.25, 0.3) is 0 Å². The van der Waals surface area contributed by atoms with Crippen LogP contribution < -0.4 is 4.31 Å². The van der Waals surface area contributed by atoms with Crippen LogP contribution in [-0.4, -0.2) is 36.8 Å². The lowest BCUT2D eigenvalue weighted by Crippen LogP contribution is -2.26. The van der Waals surface area contributed by atoms with Crippen molar-refractivity contribution >= 4 is 21.8 Å². The van der Waals surface area contributed by atoms with E-state index in [0.717, 1.165) is 4.31 Å². The van der Waals surface area contributed by atoms with Gasteiger partial charge >= 0.3 is 5.97 Å². The summed E-state index contributed by atoms with van der Waals surface area (Å²) in [5.41, 5.74) is 0.0344. The summed E-state index contributed by atoms with van der Waals surface area (Å²) in [6.45, 7) is 0.360. The normalized spacial score (nSPS) is 18.6. The maximum atomic E-state index is 11.6. The van der Waals surface area contributed by atoms with Crippen LogP contribution in [0.15, 0.2) is 18.3 Å². The predicted molar refractivity (Wildman–Crippen MR) is 56.9 cm³/mol. The Bertz CT molecular complexity index is 526. The van der Waals surface area contributed by atoms with Gasteiger partial charge in [0.15, 0.2) is 0 Å². The summed E-state index contributed by atoms with van der Waals surface area (Å²) >= 11 is 0. The van der Waals surface area contributed by atoms with Crippen LogP contribution in [0.2, 0.25) is 0 Å². The Hall–Kier alpha value is -1.63. The smallest absolute Gasteiger partial charge is 0.335 e. The highest BCUT2D eigenvalue weighted by Crippen LogP contribution is 2.22. The summed E-state index contributed by atoms with van der Waals surface area (Å²) < 4.78 is 24.3. The fourth-order valence-electron chi connectivity index (χ4n) is 1.58. The highest BCUT2D eigenvalue weighted by molar-refractivity contribution is 7.93. The van der Waals surface area contributed by atoms with Crippen molar-refractivity contribution in [3.05, 3.63) is 23.9 Å². The van der Waals surface area contributed by atoms with Crippen molar-refractivity contribution in [3.8, 4) is 0 Å². The second kappa shape index (κ2) is 3.75. The molecule has 0 radical (unpaired) electrons. The van der Waals surface area contributed by atoms with E-state index >= 15 is 0 Å². The number of aromatic nitrogens is 1. The van der Waals surface area contributed by atoms with Gasteiger partial charge in [0.2, 0.25) is 10.0 Å². The summed E-state index contributed by atoms with van der Waals surface area (Å²) in [6.07, 6.45) is 1.84. The zero-order valence-corrected chi connectivity index (χ0v) is 9.14. The van der Waals surface area contributed by atoms with Gasteiger partial charge in [0, 0.05) is 12.7 Å². The average Bonchev–Trinajstić information content (AvgIpc) is 2.58. The van der Waals surface area contributed by atoms with E-state index in [4.69, 9.17) is 5.11 Å². The Morgan fingerprint density at radius 1 is 1.50 bits per heavy atom. The number of carboxylic acids is 1. The first-order chi connectivity index (χ1) is 7.50. The van der Waals surface area contributed by atoms with Crippen molar-refractivity contribution in [2.24, 2.45) is 0 Å². The molecule has 1 saturated heterocycles. The molecule has 6 nitrogen and oxygen atoms in total. The lowest BCUT2D eigenvalue weighted by atomic mass is 10.2. The first-order valence-corrected chi connectivity index (χ1v) is 6.31. The van der Waals surface area contributed by atoms with Gasteiger partial charge < -0.3 is 5.11 Å². The van der Waals surface area contributed by atoms with Crippen LogP contribution in [0.1, 0.15) is 16.8 Å². The molecule has 0 unspecified atom stereocenters.